The molecule has 0 spiro atoms. The Bertz CT molecular complexity index is 330. The SMILES string of the molecule is CC(/C=C/C=O)=C\C=C\C=C(C)\C=C\C=O. The first kappa shape index (κ1) is 14.0. The van der Waals surface area contributed by atoms with E-state index >= 15 is 0 Å². The number of hydrogen-bond acceptors (Lipinski definition) is 2. The molecule has 16 heavy (non-hydrogen) atoms. The molecular formula is C14H16O2. The molecule has 0 bridgehead atoms. The zero-order valence-electron chi connectivity index (χ0n) is 9.59. The largest absolute Gasteiger partial charge is 0.299 e. The van der Waals surface area contributed by atoms with Crippen LogP contribution in [0.25, 0.3) is 0 Å². The van der Waals surface area contributed by atoms with Gasteiger partial charge in [0.2, 0.25) is 0 Å². The third kappa shape index (κ3) is 8.63. The number of hydrogen-bond donors (Lipinski definition) is 0. The van der Waals surface area contributed by atoms with Crippen LogP contribution in [-0.4, -0.2) is 12.6 Å². The fraction of sp³-hybridized carbons (Fsp3) is 0.143. The van der Waals surface area contributed by atoms with E-state index in [4.69, 9.17) is 0 Å². The van der Waals surface area contributed by atoms with Crippen molar-refractivity contribution in [3.8, 4) is 0 Å². The lowest BCUT2D eigenvalue weighted by molar-refractivity contribution is -0.104. The zero-order valence-corrected chi connectivity index (χ0v) is 9.59. The van der Waals surface area contributed by atoms with E-state index in [1.54, 1.807) is 12.2 Å². The van der Waals surface area contributed by atoms with E-state index in [1.807, 2.05) is 38.2 Å². The summed E-state index contributed by atoms with van der Waals surface area (Å²) in [6, 6.07) is 0. The van der Waals surface area contributed by atoms with Crippen LogP contribution < -0.4 is 0 Å². The van der Waals surface area contributed by atoms with Gasteiger partial charge in [0.15, 0.2) is 0 Å². The van der Waals surface area contributed by atoms with Crippen molar-refractivity contribution in [3.63, 3.8) is 0 Å². The van der Waals surface area contributed by atoms with Crippen LogP contribution in [0, 0.1) is 0 Å². The molecule has 2 heteroatoms. The van der Waals surface area contributed by atoms with Gasteiger partial charge in [0.05, 0.1) is 0 Å². The molecule has 0 aliphatic rings. The van der Waals surface area contributed by atoms with Gasteiger partial charge in [-0.2, -0.15) is 0 Å². The first-order valence-corrected chi connectivity index (χ1v) is 4.96. The summed E-state index contributed by atoms with van der Waals surface area (Å²) in [6.45, 7) is 3.82. The molecule has 0 radical (unpaired) electrons. The van der Waals surface area contributed by atoms with Crippen molar-refractivity contribution in [3.05, 3.63) is 59.8 Å². The fourth-order valence-corrected chi connectivity index (χ4v) is 0.908. The summed E-state index contributed by atoms with van der Waals surface area (Å²) < 4.78 is 0. The van der Waals surface area contributed by atoms with Crippen LogP contribution in [0.5, 0.6) is 0 Å². The highest BCUT2D eigenvalue weighted by atomic mass is 16.1. The van der Waals surface area contributed by atoms with E-state index in [9.17, 15) is 9.59 Å². The summed E-state index contributed by atoms with van der Waals surface area (Å²) in [6.07, 6.45) is 15.4. The molecule has 0 heterocycles. The standard InChI is InChI=1S/C14H16O2/c1-13(9-5-11-15)7-3-4-8-14(2)10-6-12-16/h3-12H,1-2H3/b4-3+,9-5+,10-6+,13-7+,14-8+. The van der Waals surface area contributed by atoms with Crippen molar-refractivity contribution in [2.75, 3.05) is 0 Å². The Morgan fingerprint density at radius 2 is 1.06 bits per heavy atom. The number of allylic oxidation sites excluding steroid dienone is 10. The molecule has 0 saturated carbocycles. The zero-order chi connectivity index (χ0) is 12.2. The third-order valence-corrected chi connectivity index (χ3v) is 1.70. The maximum atomic E-state index is 10.1. The van der Waals surface area contributed by atoms with Gasteiger partial charge in [-0.05, 0) is 26.0 Å². The number of rotatable bonds is 6. The van der Waals surface area contributed by atoms with Gasteiger partial charge in [-0.25, -0.2) is 0 Å². The number of aldehydes is 2. The quantitative estimate of drug-likeness (QED) is 0.388. The predicted octanol–water partition coefficient (Wildman–Crippen LogP) is 2.95. The summed E-state index contributed by atoms with van der Waals surface area (Å²) in [4.78, 5) is 20.1. The molecule has 0 rings (SSSR count). The lowest BCUT2D eigenvalue weighted by Crippen LogP contribution is -1.68. The van der Waals surface area contributed by atoms with Crippen LogP contribution in [0.4, 0.5) is 0 Å². The van der Waals surface area contributed by atoms with E-state index in [1.165, 1.54) is 12.2 Å². The molecule has 0 aromatic heterocycles. The lowest BCUT2D eigenvalue weighted by atomic mass is 10.2. The van der Waals surface area contributed by atoms with E-state index in [0.29, 0.717) is 0 Å². The van der Waals surface area contributed by atoms with Gasteiger partial charge in [0.1, 0.15) is 12.6 Å². The lowest BCUT2D eigenvalue weighted by Gasteiger charge is -1.86. The second-order valence-corrected chi connectivity index (χ2v) is 3.20. The first-order valence-electron chi connectivity index (χ1n) is 4.96. The van der Waals surface area contributed by atoms with E-state index in [2.05, 4.69) is 0 Å². The van der Waals surface area contributed by atoms with Gasteiger partial charge in [0, 0.05) is 0 Å². The molecular weight excluding hydrogens is 200 g/mol. The normalized spacial score (nSPS) is 14.1. The van der Waals surface area contributed by atoms with Crippen LogP contribution in [0.15, 0.2) is 59.8 Å². The van der Waals surface area contributed by atoms with Gasteiger partial charge in [0.25, 0.3) is 0 Å². The molecule has 0 fully saturated rings. The molecule has 0 aliphatic carbocycles. The molecule has 0 unspecified atom stereocenters. The molecule has 84 valence electrons. The van der Waals surface area contributed by atoms with Crippen LogP contribution >= 0.6 is 0 Å². The Morgan fingerprint density at radius 1 is 0.688 bits per heavy atom. The highest BCUT2D eigenvalue weighted by Gasteiger charge is 1.78. The van der Waals surface area contributed by atoms with Crippen molar-refractivity contribution < 1.29 is 9.59 Å². The van der Waals surface area contributed by atoms with Crippen molar-refractivity contribution in [2.24, 2.45) is 0 Å². The average Bonchev–Trinajstić information content (AvgIpc) is 2.29. The maximum Gasteiger partial charge on any atom is 0.142 e. The van der Waals surface area contributed by atoms with Crippen LogP contribution in [0.3, 0.4) is 0 Å². The van der Waals surface area contributed by atoms with E-state index < -0.39 is 0 Å². The minimum Gasteiger partial charge on any atom is -0.299 e. The second-order valence-electron chi connectivity index (χ2n) is 3.20. The smallest absolute Gasteiger partial charge is 0.142 e. The Balaban J connectivity index is 4.29. The Hall–Kier alpha value is -1.96. The van der Waals surface area contributed by atoms with Crippen LogP contribution in [0.2, 0.25) is 0 Å². The van der Waals surface area contributed by atoms with E-state index in [-0.39, 0.29) is 0 Å². The van der Waals surface area contributed by atoms with Gasteiger partial charge in [-0.1, -0.05) is 47.6 Å². The maximum absolute atomic E-state index is 10.1. The van der Waals surface area contributed by atoms with Crippen molar-refractivity contribution in [1.82, 2.24) is 0 Å². The highest BCUT2D eigenvalue weighted by Crippen LogP contribution is 1.97. The Kier molecular flexibility index (Phi) is 8.41. The van der Waals surface area contributed by atoms with Crippen molar-refractivity contribution >= 4 is 12.6 Å². The van der Waals surface area contributed by atoms with Crippen LogP contribution in [0.1, 0.15) is 13.8 Å². The fourth-order valence-electron chi connectivity index (χ4n) is 0.908. The Labute approximate surface area is 96.4 Å². The molecule has 0 atom stereocenters. The molecule has 0 aliphatic heterocycles. The van der Waals surface area contributed by atoms with Gasteiger partial charge >= 0.3 is 0 Å². The minimum absolute atomic E-state index is 0.745. The second kappa shape index (κ2) is 9.59. The van der Waals surface area contributed by atoms with Gasteiger partial charge < -0.3 is 0 Å². The van der Waals surface area contributed by atoms with Crippen LogP contribution in [-0.2, 0) is 9.59 Å². The predicted molar refractivity (Wildman–Crippen MR) is 67.1 cm³/mol. The van der Waals surface area contributed by atoms with Crippen molar-refractivity contribution in [1.29, 1.82) is 0 Å². The van der Waals surface area contributed by atoms with Gasteiger partial charge in [-0.15, -0.1) is 0 Å². The number of carbonyl (C=O) groups is 2. The molecule has 0 saturated heterocycles. The monoisotopic (exact) mass is 216 g/mol. The third-order valence-electron chi connectivity index (χ3n) is 1.70. The van der Waals surface area contributed by atoms with E-state index in [0.717, 1.165) is 23.7 Å². The van der Waals surface area contributed by atoms with Gasteiger partial charge in [-0.3, -0.25) is 9.59 Å². The molecule has 0 N–H and O–H groups in total. The van der Waals surface area contributed by atoms with Crippen molar-refractivity contribution in [2.45, 2.75) is 13.8 Å². The molecule has 0 aromatic carbocycles. The average molecular weight is 216 g/mol. The summed E-state index contributed by atoms with van der Waals surface area (Å²) in [7, 11) is 0. The first-order chi connectivity index (χ1) is 7.70. The topological polar surface area (TPSA) is 34.1 Å². The molecule has 2 nitrogen and oxygen atoms in total. The summed E-state index contributed by atoms with van der Waals surface area (Å²) in [5.74, 6) is 0. The Morgan fingerprint density at radius 3 is 1.38 bits per heavy atom. The summed E-state index contributed by atoms with van der Waals surface area (Å²) >= 11 is 0. The minimum atomic E-state index is 0.745. The molecule has 0 amide bonds. The summed E-state index contributed by atoms with van der Waals surface area (Å²) in [5, 5.41) is 0. The number of carbonyl (C=O) groups excluding carboxylic acids is 2. The highest BCUT2D eigenvalue weighted by molar-refractivity contribution is 5.66. The molecule has 0 aromatic rings. The summed E-state index contributed by atoms with van der Waals surface area (Å²) in [5.41, 5.74) is 2.00.